The molecule has 8 heteroatoms. The number of aryl methyl sites for hydroxylation is 1. The highest BCUT2D eigenvalue weighted by Gasteiger charge is 2.32. The first-order valence-corrected chi connectivity index (χ1v) is 11.6. The van der Waals surface area contributed by atoms with Gasteiger partial charge in [-0.1, -0.05) is 60.5 Å². The minimum atomic E-state index is -3.76. The highest BCUT2D eigenvalue weighted by molar-refractivity contribution is 7.92. The minimum Gasteiger partial charge on any atom is -0.354 e. The zero-order valence-electron chi connectivity index (χ0n) is 15.9. The molecule has 0 aromatic heterocycles. The number of nitrogens with zero attached hydrogens (tertiary/aromatic N) is 1. The second-order valence-corrected chi connectivity index (χ2v) is 9.16. The molecule has 2 rings (SSSR count). The largest absolute Gasteiger partial charge is 0.354 e. The summed E-state index contributed by atoms with van der Waals surface area (Å²) in [5.74, 6) is -0.364. The van der Waals surface area contributed by atoms with Crippen LogP contribution < -0.4 is 9.62 Å². The van der Waals surface area contributed by atoms with Crippen LogP contribution in [0.15, 0.2) is 48.5 Å². The molecule has 0 aliphatic rings. The predicted octanol–water partition coefficient (Wildman–Crippen LogP) is 4.29. The summed E-state index contributed by atoms with van der Waals surface area (Å²) in [5.41, 5.74) is 1.38. The number of amides is 1. The lowest BCUT2D eigenvalue weighted by molar-refractivity contribution is -0.122. The topological polar surface area (TPSA) is 66.5 Å². The molecular weight excluding hydrogens is 419 g/mol. The third-order valence-electron chi connectivity index (χ3n) is 4.26. The predicted molar refractivity (Wildman–Crippen MR) is 116 cm³/mol. The minimum absolute atomic E-state index is 0.197. The molecular formula is C20H24Cl2N2O3S. The molecule has 28 heavy (non-hydrogen) atoms. The second kappa shape index (κ2) is 10.1. The fraction of sp³-hybridized carbons (Fsp3) is 0.350. The van der Waals surface area contributed by atoms with Crippen molar-refractivity contribution in [3.8, 4) is 0 Å². The Morgan fingerprint density at radius 1 is 1.14 bits per heavy atom. The third-order valence-corrected chi connectivity index (χ3v) is 5.98. The summed E-state index contributed by atoms with van der Waals surface area (Å²) in [7, 11) is -3.76. The van der Waals surface area contributed by atoms with Crippen molar-refractivity contribution < 1.29 is 13.2 Å². The van der Waals surface area contributed by atoms with Gasteiger partial charge in [0.1, 0.15) is 6.04 Å². The zero-order chi connectivity index (χ0) is 20.7. The number of carbonyl (C=O) groups excluding carboxylic acids is 1. The average Bonchev–Trinajstić information content (AvgIpc) is 2.65. The van der Waals surface area contributed by atoms with Crippen LogP contribution in [0.3, 0.4) is 0 Å². The van der Waals surface area contributed by atoms with Crippen molar-refractivity contribution in [1.82, 2.24) is 5.32 Å². The first kappa shape index (κ1) is 22.5. The van der Waals surface area contributed by atoms with Crippen LogP contribution in [0.1, 0.15) is 25.3 Å². The molecule has 0 aliphatic carbocycles. The Kier molecular flexibility index (Phi) is 8.16. The molecule has 0 radical (unpaired) electrons. The standard InChI is InChI=1S/C20H24Cl2N2O3S/c1-3-18(20(25)23-13-7-10-15-8-5-4-6-9-15)24(28(2,26)27)19-14-16(21)11-12-17(19)22/h4-6,8-9,11-12,14,18H,3,7,10,13H2,1-2H3,(H,23,25)/t18-/m1/s1. The van der Waals surface area contributed by atoms with E-state index in [4.69, 9.17) is 23.2 Å². The van der Waals surface area contributed by atoms with E-state index in [1.165, 1.54) is 17.7 Å². The van der Waals surface area contributed by atoms with E-state index in [1.54, 1.807) is 13.0 Å². The molecule has 0 saturated carbocycles. The van der Waals surface area contributed by atoms with E-state index < -0.39 is 16.1 Å². The van der Waals surface area contributed by atoms with Crippen LogP contribution in [0, 0.1) is 0 Å². The van der Waals surface area contributed by atoms with Gasteiger partial charge < -0.3 is 5.32 Å². The quantitative estimate of drug-likeness (QED) is 0.588. The van der Waals surface area contributed by atoms with Crippen LogP contribution in [0.2, 0.25) is 10.0 Å². The van der Waals surface area contributed by atoms with Gasteiger partial charge in [-0.2, -0.15) is 0 Å². The van der Waals surface area contributed by atoms with E-state index in [0.29, 0.717) is 18.0 Å². The van der Waals surface area contributed by atoms with E-state index in [1.807, 2.05) is 30.3 Å². The molecule has 1 atom stereocenters. The van der Waals surface area contributed by atoms with Crippen LogP contribution in [-0.2, 0) is 21.2 Å². The van der Waals surface area contributed by atoms with Gasteiger partial charge in [0, 0.05) is 11.6 Å². The fourth-order valence-electron chi connectivity index (χ4n) is 2.96. The Hall–Kier alpha value is -1.76. The number of rotatable bonds is 9. The first-order valence-electron chi connectivity index (χ1n) is 9.00. The van der Waals surface area contributed by atoms with Crippen molar-refractivity contribution in [1.29, 1.82) is 0 Å². The lowest BCUT2D eigenvalue weighted by Crippen LogP contribution is -2.49. The van der Waals surface area contributed by atoms with Gasteiger partial charge >= 0.3 is 0 Å². The van der Waals surface area contributed by atoms with Gasteiger partial charge in [0.15, 0.2) is 0 Å². The van der Waals surface area contributed by atoms with Crippen LogP contribution in [-0.4, -0.2) is 33.2 Å². The average molecular weight is 443 g/mol. The number of benzene rings is 2. The Morgan fingerprint density at radius 3 is 2.43 bits per heavy atom. The molecule has 0 spiro atoms. The molecule has 152 valence electrons. The van der Waals surface area contributed by atoms with E-state index in [9.17, 15) is 13.2 Å². The smallest absolute Gasteiger partial charge is 0.243 e. The van der Waals surface area contributed by atoms with Crippen molar-refractivity contribution in [2.45, 2.75) is 32.2 Å². The summed E-state index contributed by atoms with van der Waals surface area (Å²) < 4.78 is 26.0. The molecule has 2 aromatic carbocycles. The van der Waals surface area contributed by atoms with E-state index in [0.717, 1.165) is 23.4 Å². The summed E-state index contributed by atoms with van der Waals surface area (Å²) >= 11 is 12.2. The fourth-order valence-corrected chi connectivity index (χ4v) is 4.60. The Morgan fingerprint density at radius 2 is 1.82 bits per heavy atom. The number of nitrogens with one attached hydrogen (secondary N) is 1. The first-order chi connectivity index (χ1) is 13.2. The molecule has 2 aromatic rings. The van der Waals surface area contributed by atoms with Gasteiger partial charge in [-0.15, -0.1) is 0 Å². The van der Waals surface area contributed by atoms with Crippen molar-refractivity contribution in [2.24, 2.45) is 0 Å². The Bertz CT molecular complexity index is 905. The second-order valence-electron chi connectivity index (χ2n) is 6.46. The third kappa shape index (κ3) is 6.12. The van der Waals surface area contributed by atoms with Crippen LogP contribution in [0.25, 0.3) is 0 Å². The maximum absolute atomic E-state index is 12.7. The van der Waals surface area contributed by atoms with Crippen molar-refractivity contribution in [3.63, 3.8) is 0 Å². The summed E-state index contributed by atoms with van der Waals surface area (Å²) in [5, 5.41) is 3.39. The molecule has 0 bridgehead atoms. The molecule has 0 fully saturated rings. The number of hydrogen-bond acceptors (Lipinski definition) is 3. The zero-order valence-corrected chi connectivity index (χ0v) is 18.2. The monoisotopic (exact) mass is 442 g/mol. The lowest BCUT2D eigenvalue weighted by atomic mass is 10.1. The number of carbonyl (C=O) groups is 1. The van der Waals surface area contributed by atoms with Gasteiger partial charge in [-0.3, -0.25) is 9.10 Å². The van der Waals surface area contributed by atoms with E-state index in [-0.39, 0.29) is 16.6 Å². The van der Waals surface area contributed by atoms with Gasteiger partial charge in [0.25, 0.3) is 0 Å². The van der Waals surface area contributed by atoms with Crippen molar-refractivity contribution >= 4 is 44.8 Å². The Balaban J connectivity index is 2.12. The maximum Gasteiger partial charge on any atom is 0.243 e. The molecule has 5 nitrogen and oxygen atoms in total. The number of anilines is 1. The summed E-state index contributed by atoms with van der Waals surface area (Å²) in [6, 6.07) is 13.6. The van der Waals surface area contributed by atoms with Gasteiger partial charge in [0.05, 0.1) is 17.0 Å². The van der Waals surface area contributed by atoms with Gasteiger partial charge in [0.2, 0.25) is 15.9 Å². The van der Waals surface area contributed by atoms with Crippen molar-refractivity contribution in [3.05, 3.63) is 64.1 Å². The van der Waals surface area contributed by atoms with Crippen LogP contribution in [0.4, 0.5) is 5.69 Å². The van der Waals surface area contributed by atoms with E-state index >= 15 is 0 Å². The molecule has 0 unspecified atom stereocenters. The molecule has 1 N–H and O–H groups in total. The Labute approximate surface area is 176 Å². The summed E-state index contributed by atoms with van der Waals surface area (Å²) in [6.07, 6.45) is 2.92. The lowest BCUT2D eigenvalue weighted by Gasteiger charge is -2.30. The number of hydrogen-bond donors (Lipinski definition) is 1. The van der Waals surface area contributed by atoms with Crippen LogP contribution in [0.5, 0.6) is 0 Å². The summed E-state index contributed by atoms with van der Waals surface area (Å²) in [4.78, 5) is 12.7. The van der Waals surface area contributed by atoms with Gasteiger partial charge in [-0.25, -0.2) is 8.42 Å². The maximum atomic E-state index is 12.7. The molecule has 0 aliphatic heterocycles. The van der Waals surface area contributed by atoms with E-state index in [2.05, 4.69) is 5.32 Å². The highest BCUT2D eigenvalue weighted by atomic mass is 35.5. The molecule has 0 heterocycles. The normalized spacial score (nSPS) is 12.4. The number of halogens is 2. The SMILES string of the molecule is CC[C@H](C(=O)NCCCc1ccccc1)N(c1cc(Cl)ccc1Cl)S(C)(=O)=O. The van der Waals surface area contributed by atoms with Crippen LogP contribution >= 0.6 is 23.2 Å². The number of sulfonamides is 1. The summed E-state index contributed by atoms with van der Waals surface area (Å²) in [6.45, 7) is 2.20. The highest BCUT2D eigenvalue weighted by Crippen LogP contribution is 2.32. The van der Waals surface area contributed by atoms with Gasteiger partial charge in [-0.05, 0) is 43.0 Å². The molecule has 1 amide bonds. The van der Waals surface area contributed by atoms with Crippen molar-refractivity contribution in [2.75, 3.05) is 17.1 Å². The molecule has 0 saturated heterocycles.